The van der Waals surface area contributed by atoms with E-state index in [2.05, 4.69) is 5.32 Å². The lowest BCUT2D eigenvalue weighted by atomic mass is 10.2. The monoisotopic (exact) mass is 378 g/mol. The normalized spacial score (nSPS) is 10.1. The van der Waals surface area contributed by atoms with Gasteiger partial charge in [0.15, 0.2) is 6.61 Å². The average molecular weight is 379 g/mol. The zero-order valence-corrected chi connectivity index (χ0v) is 14.5. The van der Waals surface area contributed by atoms with Gasteiger partial charge in [-0.3, -0.25) is 14.9 Å². The van der Waals surface area contributed by atoms with E-state index in [0.29, 0.717) is 5.75 Å². The van der Waals surface area contributed by atoms with Crippen LogP contribution in [-0.4, -0.2) is 30.5 Å². The molecular formula is C17H15ClN2O6. The maximum Gasteiger partial charge on any atom is 0.345 e. The molecule has 2 aromatic carbocycles. The molecule has 136 valence electrons. The molecule has 1 amide bonds. The Balaban J connectivity index is 1.92. The number of halogens is 1. The SMILES string of the molecule is COc1cccc(CNC(=O)COC(=O)c2cc(Cl)ccc2[N+](=O)[O-])c1. The summed E-state index contributed by atoms with van der Waals surface area (Å²) in [4.78, 5) is 34.0. The van der Waals surface area contributed by atoms with Gasteiger partial charge in [0.05, 0.1) is 12.0 Å². The average Bonchev–Trinajstić information content (AvgIpc) is 2.64. The number of hydrogen-bond donors (Lipinski definition) is 1. The Morgan fingerprint density at radius 2 is 2.00 bits per heavy atom. The molecule has 0 aliphatic heterocycles. The lowest BCUT2D eigenvalue weighted by Crippen LogP contribution is -2.28. The van der Waals surface area contributed by atoms with Crippen LogP contribution in [0.5, 0.6) is 5.75 Å². The third-order valence-corrected chi connectivity index (χ3v) is 3.57. The van der Waals surface area contributed by atoms with Crippen LogP contribution in [0.1, 0.15) is 15.9 Å². The number of esters is 1. The Morgan fingerprint density at radius 3 is 2.69 bits per heavy atom. The highest BCUT2D eigenvalue weighted by Crippen LogP contribution is 2.23. The number of carbonyl (C=O) groups excluding carboxylic acids is 2. The summed E-state index contributed by atoms with van der Waals surface area (Å²) >= 11 is 5.75. The fourth-order valence-corrected chi connectivity index (χ4v) is 2.25. The molecule has 0 bridgehead atoms. The molecule has 0 fully saturated rings. The summed E-state index contributed by atoms with van der Waals surface area (Å²) in [5, 5.41) is 13.7. The van der Waals surface area contributed by atoms with E-state index >= 15 is 0 Å². The predicted molar refractivity (Wildman–Crippen MR) is 93.2 cm³/mol. The molecule has 0 unspecified atom stereocenters. The smallest absolute Gasteiger partial charge is 0.345 e. The summed E-state index contributed by atoms with van der Waals surface area (Å²) < 4.78 is 9.91. The van der Waals surface area contributed by atoms with Crippen molar-refractivity contribution in [3.8, 4) is 5.75 Å². The summed E-state index contributed by atoms with van der Waals surface area (Å²) in [5.41, 5.74) is 0.0359. The fourth-order valence-electron chi connectivity index (χ4n) is 2.07. The molecule has 1 N–H and O–H groups in total. The number of amides is 1. The van der Waals surface area contributed by atoms with Crippen LogP contribution in [0.15, 0.2) is 42.5 Å². The Labute approximate surface area is 153 Å². The van der Waals surface area contributed by atoms with Crippen LogP contribution in [0.25, 0.3) is 0 Å². The van der Waals surface area contributed by atoms with E-state index in [-0.39, 0.29) is 17.1 Å². The molecule has 2 aromatic rings. The minimum absolute atomic E-state index is 0.144. The van der Waals surface area contributed by atoms with Crippen molar-refractivity contribution >= 4 is 29.2 Å². The summed E-state index contributed by atoms with van der Waals surface area (Å²) in [5.74, 6) is -0.905. The van der Waals surface area contributed by atoms with Crippen molar-refractivity contribution in [2.45, 2.75) is 6.54 Å². The van der Waals surface area contributed by atoms with E-state index in [1.54, 1.807) is 24.3 Å². The molecule has 0 heterocycles. The van der Waals surface area contributed by atoms with Gasteiger partial charge in [-0.2, -0.15) is 0 Å². The van der Waals surface area contributed by atoms with Crippen LogP contribution in [0.4, 0.5) is 5.69 Å². The number of nitrogens with one attached hydrogen (secondary N) is 1. The molecule has 0 saturated heterocycles. The van der Waals surface area contributed by atoms with Gasteiger partial charge in [-0.1, -0.05) is 23.7 Å². The molecule has 2 rings (SSSR count). The first kappa shape index (κ1) is 19.2. The van der Waals surface area contributed by atoms with E-state index in [1.165, 1.54) is 13.2 Å². The summed E-state index contributed by atoms with van der Waals surface area (Å²) in [6.07, 6.45) is 0. The first-order valence-corrected chi connectivity index (χ1v) is 7.79. The van der Waals surface area contributed by atoms with E-state index in [9.17, 15) is 19.7 Å². The quantitative estimate of drug-likeness (QED) is 0.451. The van der Waals surface area contributed by atoms with Crippen LogP contribution in [0, 0.1) is 10.1 Å². The molecule has 0 aliphatic rings. The van der Waals surface area contributed by atoms with Gasteiger partial charge < -0.3 is 14.8 Å². The Morgan fingerprint density at radius 1 is 1.23 bits per heavy atom. The Kier molecular flexibility index (Phi) is 6.51. The molecule has 8 nitrogen and oxygen atoms in total. The number of methoxy groups -OCH3 is 1. The first-order chi connectivity index (χ1) is 12.4. The van der Waals surface area contributed by atoms with Crippen molar-refractivity contribution < 1.29 is 24.0 Å². The first-order valence-electron chi connectivity index (χ1n) is 7.41. The van der Waals surface area contributed by atoms with Crippen molar-refractivity contribution in [3.63, 3.8) is 0 Å². The standard InChI is InChI=1S/C17H15ClN2O6/c1-25-13-4-2-3-11(7-13)9-19-16(21)10-26-17(22)14-8-12(18)5-6-15(14)20(23)24/h2-8H,9-10H2,1H3,(H,19,21). The minimum atomic E-state index is -1.00. The van der Waals surface area contributed by atoms with Crippen molar-refractivity contribution in [3.05, 3.63) is 68.7 Å². The highest BCUT2D eigenvalue weighted by molar-refractivity contribution is 6.31. The van der Waals surface area contributed by atoms with Gasteiger partial charge in [-0.05, 0) is 29.8 Å². The zero-order chi connectivity index (χ0) is 19.1. The maximum absolute atomic E-state index is 12.0. The number of rotatable bonds is 7. The van der Waals surface area contributed by atoms with Crippen LogP contribution in [0.3, 0.4) is 0 Å². The second-order valence-corrected chi connectivity index (χ2v) is 5.56. The van der Waals surface area contributed by atoms with Gasteiger partial charge in [0.25, 0.3) is 11.6 Å². The van der Waals surface area contributed by atoms with Crippen LogP contribution < -0.4 is 10.1 Å². The number of ether oxygens (including phenoxy) is 2. The van der Waals surface area contributed by atoms with Crippen LogP contribution in [-0.2, 0) is 16.1 Å². The van der Waals surface area contributed by atoms with Gasteiger partial charge in [0.1, 0.15) is 11.3 Å². The molecule has 9 heteroatoms. The molecule has 0 radical (unpaired) electrons. The topological polar surface area (TPSA) is 108 Å². The second kappa shape index (κ2) is 8.82. The van der Waals surface area contributed by atoms with E-state index in [4.69, 9.17) is 21.1 Å². The highest BCUT2D eigenvalue weighted by Gasteiger charge is 2.22. The van der Waals surface area contributed by atoms with E-state index in [1.807, 2.05) is 0 Å². The summed E-state index contributed by atoms with van der Waals surface area (Å²) in [7, 11) is 1.53. The maximum atomic E-state index is 12.0. The summed E-state index contributed by atoms with van der Waals surface area (Å²) in [6, 6.07) is 10.6. The molecule has 0 aliphatic carbocycles. The van der Waals surface area contributed by atoms with Gasteiger partial charge in [0, 0.05) is 17.6 Å². The van der Waals surface area contributed by atoms with Crippen LogP contribution >= 0.6 is 11.6 Å². The van der Waals surface area contributed by atoms with Gasteiger partial charge in [0.2, 0.25) is 0 Å². The Hall–Kier alpha value is -3.13. The molecule has 26 heavy (non-hydrogen) atoms. The molecular weight excluding hydrogens is 364 g/mol. The second-order valence-electron chi connectivity index (χ2n) is 5.12. The summed E-state index contributed by atoms with van der Waals surface area (Å²) in [6.45, 7) is -0.364. The Bertz CT molecular complexity index is 840. The lowest BCUT2D eigenvalue weighted by Gasteiger charge is -2.08. The van der Waals surface area contributed by atoms with Gasteiger partial charge in [-0.15, -0.1) is 0 Å². The number of hydrogen-bond acceptors (Lipinski definition) is 6. The van der Waals surface area contributed by atoms with E-state index < -0.39 is 29.1 Å². The largest absolute Gasteiger partial charge is 0.497 e. The number of nitro benzene ring substituents is 1. The predicted octanol–water partition coefficient (Wildman–Crippen LogP) is 2.73. The number of benzene rings is 2. The van der Waals surface area contributed by atoms with Gasteiger partial charge in [-0.25, -0.2) is 4.79 Å². The van der Waals surface area contributed by atoms with E-state index in [0.717, 1.165) is 17.7 Å². The molecule has 0 atom stereocenters. The van der Waals surface area contributed by atoms with Crippen LogP contribution in [0.2, 0.25) is 5.02 Å². The number of nitrogens with zero attached hydrogens (tertiary/aromatic N) is 1. The fraction of sp³-hybridized carbons (Fsp3) is 0.176. The van der Waals surface area contributed by atoms with Crippen molar-refractivity contribution in [1.29, 1.82) is 0 Å². The molecule has 0 aromatic heterocycles. The third kappa shape index (κ3) is 5.18. The minimum Gasteiger partial charge on any atom is -0.497 e. The highest BCUT2D eigenvalue weighted by atomic mass is 35.5. The molecule has 0 spiro atoms. The van der Waals surface area contributed by atoms with Gasteiger partial charge >= 0.3 is 5.97 Å². The van der Waals surface area contributed by atoms with Crippen molar-refractivity contribution in [2.75, 3.05) is 13.7 Å². The number of carbonyl (C=O) groups is 2. The lowest BCUT2D eigenvalue weighted by molar-refractivity contribution is -0.385. The van der Waals surface area contributed by atoms with Crippen molar-refractivity contribution in [1.82, 2.24) is 5.32 Å². The van der Waals surface area contributed by atoms with Crippen molar-refractivity contribution in [2.24, 2.45) is 0 Å². The zero-order valence-electron chi connectivity index (χ0n) is 13.7. The molecule has 0 saturated carbocycles. The number of nitro groups is 1. The third-order valence-electron chi connectivity index (χ3n) is 3.33.